The maximum absolute atomic E-state index is 13.4. The molecule has 15 heteroatoms. The number of hydrogen-bond acceptors (Lipinski definition) is 11. The van der Waals surface area contributed by atoms with Gasteiger partial charge in [-0.3, -0.25) is 29.5 Å². The highest BCUT2D eigenvalue weighted by Gasteiger charge is 2.20. The SMILES string of the molecule is C/C(O)=C(\C)NNc1ccc(N=c2cc(S(=O)(=O)O)c(=N)c3c(=O)c4ccccc4c(=O)c2=3)cc1S(=O)(=O)O. The van der Waals surface area contributed by atoms with Gasteiger partial charge in [0.1, 0.15) is 15.6 Å². The fraction of sp³-hybridized carbons (Fsp3) is 0.0833. The average Bonchev–Trinajstić information content (AvgIpc) is 2.85. The fourth-order valence-corrected chi connectivity index (χ4v) is 5.12. The summed E-state index contributed by atoms with van der Waals surface area (Å²) in [5.74, 6) is -0.0967. The number of aliphatic hydroxyl groups excluding tert-OH is 1. The number of hydrazine groups is 1. The van der Waals surface area contributed by atoms with Gasteiger partial charge in [0.05, 0.1) is 38.2 Å². The van der Waals surface area contributed by atoms with Crippen molar-refractivity contribution in [2.45, 2.75) is 23.6 Å². The van der Waals surface area contributed by atoms with Gasteiger partial charge in [0.2, 0.25) is 0 Å². The van der Waals surface area contributed by atoms with Crippen molar-refractivity contribution < 1.29 is 31.0 Å². The van der Waals surface area contributed by atoms with E-state index in [4.69, 9.17) is 5.41 Å². The van der Waals surface area contributed by atoms with Crippen LogP contribution < -0.4 is 32.4 Å². The van der Waals surface area contributed by atoms with E-state index < -0.39 is 62.0 Å². The second-order valence-electron chi connectivity index (χ2n) is 8.43. The van der Waals surface area contributed by atoms with E-state index >= 15 is 0 Å². The van der Waals surface area contributed by atoms with Crippen molar-refractivity contribution in [2.24, 2.45) is 4.99 Å². The Morgan fingerprint density at radius 2 is 1.41 bits per heavy atom. The number of fused-ring (bicyclic) bond motifs is 1. The Morgan fingerprint density at radius 3 is 1.95 bits per heavy atom. The number of rotatable bonds is 6. The van der Waals surface area contributed by atoms with E-state index in [1.54, 1.807) is 0 Å². The van der Waals surface area contributed by atoms with Crippen LogP contribution in [0, 0.1) is 15.8 Å². The van der Waals surface area contributed by atoms with Crippen molar-refractivity contribution in [1.29, 1.82) is 5.41 Å². The summed E-state index contributed by atoms with van der Waals surface area (Å²) >= 11 is 0. The number of allylic oxidation sites excluding steroid dienone is 2. The summed E-state index contributed by atoms with van der Waals surface area (Å²) in [5, 5.41) is 15.4. The minimum atomic E-state index is -5.05. The van der Waals surface area contributed by atoms with E-state index in [0.29, 0.717) is 0 Å². The molecule has 0 unspecified atom stereocenters. The van der Waals surface area contributed by atoms with Gasteiger partial charge in [0.15, 0.2) is 10.9 Å². The molecule has 0 spiro atoms. The summed E-state index contributed by atoms with van der Waals surface area (Å²) in [6.07, 6.45) is 0. The van der Waals surface area contributed by atoms with Crippen molar-refractivity contribution >= 4 is 42.4 Å². The molecule has 0 amide bonds. The summed E-state index contributed by atoms with van der Waals surface area (Å²) in [6, 6.07) is 9.77. The number of benzene rings is 2. The molecule has 0 heterocycles. The van der Waals surface area contributed by atoms with Gasteiger partial charge in [0, 0.05) is 10.8 Å². The van der Waals surface area contributed by atoms with Crippen LogP contribution in [0.15, 0.2) is 84.4 Å². The molecule has 2 aromatic carbocycles. The lowest BCUT2D eigenvalue weighted by molar-refractivity contribution is 0.402. The predicted molar refractivity (Wildman–Crippen MR) is 139 cm³/mol. The summed E-state index contributed by atoms with van der Waals surface area (Å²) in [4.78, 5) is 29.1. The number of nitrogens with zero attached hydrogens (tertiary/aromatic N) is 1. The quantitative estimate of drug-likeness (QED) is 0.109. The molecular formula is C24H20N4O9S2. The molecule has 6 N–H and O–H groups in total. The van der Waals surface area contributed by atoms with Crippen LogP contribution in [-0.2, 0) is 20.2 Å². The van der Waals surface area contributed by atoms with Crippen molar-refractivity contribution in [3.8, 4) is 0 Å². The standard InChI is InChI=1S/C24H20N4O9S2/c1-11(12(2)29)27-28-16-8-7-13(9-18(16)38(32,33)34)26-17-10-19(39(35,36)37)22(25)21-20(17)23(30)14-5-3-4-6-15(14)24(21)31/h3-10,25,27-29H,1-2H3,(H,32,33,34)(H,35,36,37)/b12-11-,25-22?,26-17?. The number of aliphatic hydroxyl groups is 1. The maximum atomic E-state index is 13.4. The fourth-order valence-electron chi connectivity index (χ4n) is 3.83. The molecule has 2 aliphatic carbocycles. The molecule has 2 aliphatic rings. The molecule has 0 atom stereocenters. The highest BCUT2D eigenvalue weighted by atomic mass is 32.2. The molecule has 0 aliphatic heterocycles. The summed E-state index contributed by atoms with van der Waals surface area (Å²) in [7, 11) is -9.91. The Kier molecular flexibility index (Phi) is 6.86. The van der Waals surface area contributed by atoms with E-state index in [9.17, 15) is 40.6 Å². The van der Waals surface area contributed by atoms with Gasteiger partial charge in [-0.25, -0.2) is 4.99 Å². The molecule has 0 radical (unpaired) electrons. The van der Waals surface area contributed by atoms with Crippen molar-refractivity contribution in [3.63, 3.8) is 0 Å². The minimum absolute atomic E-state index is 0.0164. The van der Waals surface area contributed by atoms with E-state index in [1.165, 1.54) is 50.2 Å². The highest BCUT2D eigenvalue weighted by Crippen LogP contribution is 2.26. The van der Waals surface area contributed by atoms with Crippen LogP contribution in [0.2, 0.25) is 0 Å². The lowest BCUT2D eigenvalue weighted by Gasteiger charge is -2.13. The molecule has 0 fully saturated rings. The van der Waals surface area contributed by atoms with E-state index in [0.717, 1.165) is 12.1 Å². The van der Waals surface area contributed by atoms with Gasteiger partial charge in [-0.05, 0) is 38.1 Å². The summed E-state index contributed by atoms with van der Waals surface area (Å²) in [5.41, 5.74) is 3.38. The van der Waals surface area contributed by atoms with E-state index in [-0.39, 0.29) is 33.6 Å². The Labute approximate surface area is 219 Å². The highest BCUT2D eigenvalue weighted by molar-refractivity contribution is 7.86. The normalized spacial score (nSPS) is 13.5. The Bertz CT molecular complexity index is 2220. The van der Waals surface area contributed by atoms with Crippen LogP contribution >= 0.6 is 0 Å². The molecule has 2 aromatic rings. The third kappa shape index (κ3) is 5.15. The van der Waals surface area contributed by atoms with E-state index in [1.807, 2.05) is 0 Å². The number of anilines is 1. The van der Waals surface area contributed by atoms with Crippen LogP contribution in [-0.4, -0.2) is 31.0 Å². The first-order valence-corrected chi connectivity index (χ1v) is 13.8. The monoisotopic (exact) mass is 572 g/mol. The van der Waals surface area contributed by atoms with Crippen molar-refractivity contribution in [1.82, 2.24) is 5.43 Å². The van der Waals surface area contributed by atoms with Gasteiger partial charge in [-0.2, -0.15) is 16.8 Å². The first kappa shape index (κ1) is 27.6. The zero-order chi connectivity index (χ0) is 28.9. The van der Waals surface area contributed by atoms with Crippen molar-refractivity contribution in [3.05, 3.63) is 102 Å². The number of nitrogens with one attached hydrogen (secondary N) is 3. The smallest absolute Gasteiger partial charge is 0.296 e. The van der Waals surface area contributed by atoms with Crippen LogP contribution in [0.4, 0.5) is 11.4 Å². The molecule has 4 rings (SSSR count). The molecule has 0 bridgehead atoms. The summed E-state index contributed by atoms with van der Waals surface area (Å²) < 4.78 is 67.7. The Balaban J connectivity index is 2.13. The Hall–Kier alpha value is -4.44. The van der Waals surface area contributed by atoms with Gasteiger partial charge in [0.25, 0.3) is 20.2 Å². The molecule has 39 heavy (non-hydrogen) atoms. The second-order valence-corrected chi connectivity index (χ2v) is 11.2. The molecule has 13 nitrogen and oxygen atoms in total. The molecule has 0 saturated carbocycles. The summed E-state index contributed by atoms with van der Waals surface area (Å²) in [6.45, 7) is 2.87. The molecule has 0 aromatic heterocycles. The first-order valence-electron chi connectivity index (χ1n) is 10.9. The second kappa shape index (κ2) is 9.70. The lowest BCUT2D eigenvalue weighted by atomic mass is 10.0. The van der Waals surface area contributed by atoms with Gasteiger partial charge >= 0.3 is 0 Å². The topological polar surface area (TPSA) is 223 Å². The zero-order valence-corrected chi connectivity index (χ0v) is 21.8. The van der Waals surface area contributed by atoms with Crippen molar-refractivity contribution in [2.75, 3.05) is 5.43 Å². The van der Waals surface area contributed by atoms with Gasteiger partial charge < -0.3 is 10.5 Å². The van der Waals surface area contributed by atoms with Crippen LogP contribution in [0.25, 0.3) is 10.8 Å². The third-order valence-electron chi connectivity index (χ3n) is 5.84. The molecular weight excluding hydrogens is 552 g/mol. The van der Waals surface area contributed by atoms with Gasteiger partial charge in [-0.15, -0.1) is 0 Å². The van der Waals surface area contributed by atoms with Crippen LogP contribution in [0.5, 0.6) is 0 Å². The largest absolute Gasteiger partial charge is 0.511 e. The maximum Gasteiger partial charge on any atom is 0.296 e. The predicted octanol–water partition coefficient (Wildman–Crippen LogP) is 1.09. The molecule has 0 saturated heterocycles. The van der Waals surface area contributed by atoms with Crippen LogP contribution in [0.3, 0.4) is 0 Å². The zero-order valence-electron chi connectivity index (χ0n) is 20.2. The van der Waals surface area contributed by atoms with Gasteiger partial charge in [-0.1, -0.05) is 24.3 Å². The minimum Gasteiger partial charge on any atom is -0.511 e. The molecule has 202 valence electrons. The van der Waals surface area contributed by atoms with Crippen LogP contribution in [0.1, 0.15) is 13.8 Å². The average molecular weight is 573 g/mol. The van der Waals surface area contributed by atoms with E-state index in [2.05, 4.69) is 15.8 Å². The first-order chi connectivity index (χ1) is 18.1. The third-order valence-corrected chi connectivity index (χ3v) is 7.61. The number of hydrogen-bond donors (Lipinski definition) is 6. The lowest BCUT2D eigenvalue weighted by Crippen LogP contribution is -2.32. The Morgan fingerprint density at radius 1 is 0.846 bits per heavy atom.